The van der Waals surface area contributed by atoms with Crippen LogP contribution in [0, 0.1) is 6.92 Å². The Labute approximate surface area is 210 Å². The monoisotopic (exact) mass is 510 g/mol. The van der Waals surface area contributed by atoms with Gasteiger partial charge in [0.2, 0.25) is 5.95 Å². The van der Waals surface area contributed by atoms with Gasteiger partial charge in [-0.1, -0.05) is 12.3 Å². The van der Waals surface area contributed by atoms with E-state index in [1.807, 2.05) is 6.92 Å². The first-order valence-electron chi connectivity index (χ1n) is 11.7. The number of nitrogens with one attached hydrogen (secondary N) is 3. The minimum atomic E-state index is -4.44. The molecule has 0 radical (unpaired) electrons. The van der Waals surface area contributed by atoms with E-state index < -0.39 is 11.7 Å². The molecule has 0 saturated carbocycles. The fourth-order valence-corrected chi connectivity index (χ4v) is 4.14. The van der Waals surface area contributed by atoms with E-state index in [4.69, 9.17) is 4.74 Å². The van der Waals surface area contributed by atoms with Crippen LogP contribution < -0.4 is 26.5 Å². The van der Waals surface area contributed by atoms with Crippen molar-refractivity contribution >= 4 is 28.9 Å². The van der Waals surface area contributed by atoms with Gasteiger partial charge in [0.1, 0.15) is 16.9 Å². The Bertz CT molecular complexity index is 1460. The highest BCUT2D eigenvalue weighted by atomic mass is 19.4. The molecular weight excluding hydrogens is 485 g/mol. The lowest BCUT2D eigenvalue weighted by molar-refractivity contribution is -0.137. The molecule has 3 aromatic rings. The molecule has 4 heterocycles. The smallest absolute Gasteiger partial charge is 0.379 e. The maximum Gasteiger partial charge on any atom is 0.416 e. The van der Waals surface area contributed by atoms with Gasteiger partial charge in [-0.15, -0.1) is 10.2 Å². The van der Waals surface area contributed by atoms with Crippen molar-refractivity contribution in [3.63, 3.8) is 0 Å². The summed E-state index contributed by atoms with van der Waals surface area (Å²) in [5.41, 5.74) is 4.59. The fourth-order valence-electron chi connectivity index (χ4n) is 4.14. The Hall–Kier alpha value is -3.99. The molecular formula is C25H25F3N8O. The summed E-state index contributed by atoms with van der Waals surface area (Å²) in [6, 6.07) is 7.01. The molecule has 0 unspecified atom stereocenters. The number of aryl methyl sites for hydroxylation is 1. The zero-order valence-corrected chi connectivity index (χ0v) is 20.1. The molecule has 5 rings (SSSR count). The van der Waals surface area contributed by atoms with E-state index in [1.54, 1.807) is 12.1 Å². The van der Waals surface area contributed by atoms with Crippen molar-refractivity contribution < 1.29 is 17.9 Å². The van der Waals surface area contributed by atoms with E-state index in [9.17, 15) is 13.2 Å². The molecule has 0 bridgehead atoms. The van der Waals surface area contributed by atoms with Crippen molar-refractivity contribution in [2.45, 2.75) is 13.1 Å². The molecule has 3 N–H and O–H groups in total. The molecule has 2 aromatic heterocycles. The SMILES string of the molecule is C=C=c1nnc(-c2cc(C)nc(NCCN3CCOCC3)n2)cc1=C1Nc2ccc(C(F)(F)F)cc2N1. The van der Waals surface area contributed by atoms with Crippen LogP contribution in [0.15, 0.2) is 36.9 Å². The first-order chi connectivity index (χ1) is 17.8. The van der Waals surface area contributed by atoms with Crippen LogP contribution in [0.1, 0.15) is 11.3 Å². The number of benzene rings is 1. The van der Waals surface area contributed by atoms with Crippen LogP contribution in [0.25, 0.3) is 22.9 Å². The van der Waals surface area contributed by atoms with Gasteiger partial charge in [-0.05, 0) is 37.3 Å². The van der Waals surface area contributed by atoms with E-state index >= 15 is 0 Å². The van der Waals surface area contributed by atoms with Gasteiger partial charge in [0, 0.05) is 31.9 Å². The molecule has 2 aliphatic rings. The second-order valence-electron chi connectivity index (χ2n) is 8.65. The average molecular weight is 511 g/mol. The molecule has 37 heavy (non-hydrogen) atoms. The van der Waals surface area contributed by atoms with E-state index in [-0.39, 0.29) is 0 Å². The van der Waals surface area contributed by atoms with Crippen molar-refractivity contribution in [2.24, 2.45) is 0 Å². The van der Waals surface area contributed by atoms with Crippen molar-refractivity contribution in [1.82, 2.24) is 25.1 Å². The predicted octanol–water partition coefficient (Wildman–Crippen LogP) is 2.17. The van der Waals surface area contributed by atoms with Gasteiger partial charge in [-0.25, -0.2) is 9.97 Å². The summed E-state index contributed by atoms with van der Waals surface area (Å²) in [6.07, 6.45) is -4.44. The molecule has 1 saturated heterocycles. The lowest BCUT2D eigenvalue weighted by atomic mass is 10.2. The summed E-state index contributed by atoms with van der Waals surface area (Å²) in [4.78, 5) is 11.4. The number of aromatic nitrogens is 4. The van der Waals surface area contributed by atoms with Gasteiger partial charge in [-0.2, -0.15) is 13.2 Å². The van der Waals surface area contributed by atoms with Crippen LogP contribution in [-0.2, 0) is 10.9 Å². The molecule has 1 fully saturated rings. The van der Waals surface area contributed by atoms with Crippen molar-refractivity contribution in [3.8, 4) is 11.4 Å². The first kappa shape index (κ1) is 24.7. The number of halogens is 3. The minimum absolute atomic E-state index is 0.308. The normalized spacial score (nSPS) is 17.0. The van der Waals surface area contributed by atoms with Gasteiger partial charge in [-0.3, -0.25) is 4.90 Å². The molecule has 192 valence electrons. The summed E-state index contributed by atoms with van der Waals surface area (Å²) in [5, 5.41) is 18.8. The number of anilines is 3. The number of fused-ring (bicyclic) bond motifs is 1. The van der Waals surface area contributed by atoms with E-state index in [0.29, 0.717) is 51.6 Å². The summed E-state index contributed by atoms with van der Waals surface area (Å²) in [7, 11) is 0. The molecule has 2 aliphatic heterocycles. The van der Waals surface area contributed by atoms with Gasteiger partial charge in [0.25, 0.3) is 0 Å². The first-order valence-corrected chi connectivity index (χ1v) is 11.7. The summed E-state index contributed by atoms with van der Waals surface area (Å²) in [6.45, 7) is 10.3. The third-order valence-corrected chi connectivity index (χ3v) is 6.03. The number of ether oxygens (including phenoxy) is 1. The van der Waals surface area contributed by atoms with Crippen LogP contribution in [0.3, 0.4) is 0 Å². The maximum atomic E-state index is 13.2. The Morgan fingerprint density at radius 1 is 1.05 bits per heavy atom. The van der Waals surface area contributed by atoms with E-state index in [0.717, 1.165) is 50.7 Å². The van der Waals surface area contributed by atoms with Gasteiger partial charge >= 0.3 is 6.18 Å². The Balaban J connectivity index is 1.43. The maximum absolute atomic E-state index is 13.2. The average Bonchev–Trinajstić information content (AvgIpc) is 3.32. The molecule has 12 heteroatoms. The fraction of sp³-hybridized carbons (Fsp3) is 0.320. The molecule has 1 aromatic carbocycles. The predicted molar refractivity (Wildman–Crippen MR) is 134 cm³/mol. The highest BCUT2D eigenvalue weighted by molar-refractivity contribution is 5.91. The van der Waals surface area contributed by atoms with Crippen LogP contribution in [-0.4, -0.2) is 64.5 Å². The molecule has 0 aliphatic carbocycles. The third kappa shape index (κ3) is 5.56. The van der Waals surface area contributed by atoms with E-state index in [1.165, 1.54) is 6.07 Å². The van der Waals surface area contributed by atoms with Crippen molar-refractivity contribution in [1.29, 1.82) is 0 Å². The van der Waals surface area contributed by atoms with Crippen LogP contribution >= 0.6 is 0 Å². The lowest BCUT2D eigenvalue weighted by Crippen LogP contribution is -2.39. The number of hydrogen-bond donors (Lipinski definition) is 3. The standard InChI is InChI=1S/C25H25F3N8O/c1-3-18-17(23-31-19-5-4-16(25(26,27)28)13-21(19)32-23)14-22(35-34-18)20-12-15(2)30-24(33-20)29-6-7-36-8-10-37-11-9-36/h4-5,12-14,31-32H,1,6-11H2,2H3,(H,29,30,33). The zero-order chi connectivity index (χ0) is 26.0. The third-order valence-electron chi connectivity index (χ3n) is 6.03. The lowest BCUT2D eigenvalue weighted by Gasteiger charge is -2.26. The summed E-state index contributed by atoms with van der Waals surface area (Å²) >= 11 is 0. The second kappa shape index (κ2) is 10.2. The van der Waals surface area contributed by atoms with Crippen molar-refractivity contribution in [3.05, 3.63) is 58.7 Å². The van der Waals surface area contributed by atoms with Crippen LogP contribution in [0.5, 0.6) is 0 Å². The largest absolute Gasteiger partial charge is 0.416 e. The molecule has 9 nitrogen and oxygen atoms in total. The van der Waals surface area contributed by atoms with Gasteiger partial charge in [0.05, 0.1) is 41.1 Å². The van der Waals surface area contributed by atoms with Crippen LogP contribution in [0.4, 0.5) is 30.5 Å². The number of hydrogen-bond acceptors (Lipinski definition) is 9. The number of alkyl halides is 3. The highest BCUT2D eigenvalue weighted by Gasteiger charge is 2.32. The van der Waals surface area contributed by atoms with Gasteiger partial charge < -0.3 is 20.7 Å². The van der Waals surface area contributed by atoms with E-state index in [2.05, 4.69) is 53.3 Å². The molecule has 0 spiro atoms. The Morgan fingerprint density at radius 2 is 1.84 bits per heavy atom. The number of rotatable bonds is 5. The second-order valence-corrected chi connectivity index (χ2v) is 8.65. The quantitative estimate of drug-likeness (QED) is 0.477. The molecule has 0 atom stereocenters. The number of nitrogens with zero attached hydrogens (tertiary/aromatic N) is 5. The topological polar surface area (TPSA) is 100 Å². The summed E-state index contributed by atoms with van der Waals surface area (Å²) in [5.74, 6) is 0.925. The highest BCUT2D eigenvalue weighted by Crippen LogP contribution is 2.37. The summed E-state index contributed by atoms with van der Waals surface area (Å²) < 4.78 is 44.9. The molecule has 0 amide bonds. The van der Waals surface area contributed by atoms with Gasteiger partial charge in [0.15, 0.2) is 0 Å². The zero-order valence-electron chi connectivity index (χ0n) is 20.1. The number of morpholine rings is 1. The Kier molecular flexibility index (Phi) is 6.79. The Morgan fingerprint density at radius 3 is 2.59 bits per heavy atom. The van der Waals surface area contributed by atoms with Crippen molar-refractivity contribution in [2.75, 3.05) is 55.3 Å². The minimum Gasteiger partial charge on any atom is -0.379 e. The van der Waals surface area contributed by atoms with Crippen LogP contribution in [0.2, 0.25) is 0 Å².